The summed E-state index contributed by atoms with van der Waals surface area (Å²) in [5, 5.41) is 0. The third-order valence-electron chi connectivity index (χ3n) is 5.24. The summed E-state index contributed by atoms with van der Waals surface area (Å²) < 4.78 is 14.2. The molecule has 1 aromatic rings. The molecule has 2 aliphatic rings. The van der Waals surface area contributed by atoms with Crippen molar-refractivity contribution >= 4 is 0 Å². The van der Waals surface area contributed by atoms with Crippen LogP contribution in [0, 0.1) is 0 Å². The summed E-state index contributed by atoms with van der Waals surface area (Å²) in [7, 11) is 1.83. The number of hydrogen-bond acceptors (Lipinski definition) is 4. The van der Waals surface area contributed by atoms with E-state index in [-0.39, 0.29) is 11.7 Å². The number of nitrogens with zero attached hydrogens (tertiary/aromatic N) is 3. The Morgan fingerprint density at radius 2 is 2.18 bits per heavy atom. The van der Waals surface area contributed by atoms with Crippen LogP contribution in [0.3, 0.4) is 0 Å². The number of methoxy groups -OCH3 is 1. The van der Waals surface area contributed by atoms with Crippen molar-refractivity contribution in [2.45, 2.75) is 63.8 Å². The van der Waals surface area contributed by atoms with Crippen LogP contribution in [-0.4, -0.2) is 53.0 Å². The third-order valence-corrected chi connectivity index (χ3v) is 5.24. The summed E-state index contributed by atoms with van der Waals surface area (Å²) in [6, 6.07) is 0.466. The van der Waals surface area contributed by atoms with Gasteiger partial charge in [0.1, 0.15) is 5.82 Å². The quantitative estimate of drug-likeness (QED) is 0.857. The molecule has 22 heavy (non-hydrogen) atoms. The number of aromatic nitrogens is 2. The highest BCUT2D eigenvalue weighted by molar-refractivity contribution is 4.99. The molecule has 0 aliphatic carbocycles. The normalized spacial score (nSPS) is 25.9. The Kier molecular flexibility index (Phi) is 4.85. The fourth-order valence-corrected chi connectivity index (χ4v) is 3.93. The average molecular weight is 307 g/mol. The molecule has 3 heterocycles. The molecule has 5 heteroatoms. The van der Waals surface area contributed by atoms with Gasteiger partial charge in [0.2, 0.25) is 0 Å². The molecule has 0 aromatic carbocycles. The zero-order valence-electron chi connectivity index (χ0n) is 14.1. The first-order chi connectivity index (χ1) is 10.6. The second-order valence-electron chi connectivity index (χ2n) is 6.90. The Balaban J connectivity index is 1.60. The van der Waals surface area contributed by atoms with E-state index in [4.69, 9.17) is 9.47 Å². The molecule has 0 bridgehead atoms. The van der Waals surface area contributed by atoms with Gasteiger partial charge in [-0.3, -0.25) is 4.90 Å². The Bertz CT molecular complexity index is 478. The highest BCUT2D eigenvalue weighted by atomic mass is 16.5. The molecule has 3 rings (SSSR count). The Hall–Kier alpha value is -0.910. The van der Waals surface area contributed by atoms with Crippen LogP contribution in [0.2, 0.25) is 0 Å². The van der Waals surface area contributed by atoms with Crippen molar-refractivity contribution < 1.29 is 9.47 Å². The molecule has 0 radical (unpaired) electrons. The minimum atomic E-state index is -0.0447. The van der Waals surface area contributed by atoms with Crippen LogP contribution in [-0.2, 0) is 16.0 Å². The SMILES string of the molecule is COC1CCCOC12CCN(Cc1nccn1C(C)C)CC2. The standard InChI is InChI=1S/C17H29N3O2/c1-14(2)20-11-8-18-16(20)13-19-9-6-17(7-10-19)15(21-3)5-4-12-22-17/h8,11,14-15H,4-7,9-10,12-13H2,1-3H3. The third kappa shape index (κ3) is 3.07. The maximum atomic E-state index is 6.18. The first-order valence-electron chi connectivity index (χ1n) is 8.55. The minimum absolute atomic E-state index is 0.0447. The Morgan fingerprint density at radius 1 is 1.41 bits per heavy atom. The second-order valence-corrected chi connectivity index (χ2v) is 6.90. The highest BCUT2D eigenvalue weighted by Gasteiger charge is 2.44. The number of imidazole rings is 1. The molecule has 5 nitrogen and oxygen atoms in total. The number of rotatable bonds is 4. The molecular weight excluding hydrogens is 278 g/mol. The van der Waals surface area contributed by atoms with Crippen molar-refractivity contribution in [3.8, 4) is 0 Å². The van der Waals surface area contributed by atoms with Crippen LogP contribution in [0.1, 0.15) is 51.4 Å². The van der Waals surface area contributed by atoms with Crippen molar-refractivity contribution in [3.05, 3.63) is 18.2 Å². The van der Waals surface area contributed by atoms with E-state index in [0.717, 1.165) is 51.9 Å². The van der Waals surface area contributed by atoms with Gasteiger partial charge >= 0.3 is 0 Å². The van der Waals surface area contributed by atoms with Crippen LogP contribution in [0.15, 0.2) is 12.4 Å². The highest BCUT2D eigenvalue weighted by Crippen LogP contribution is 2.37. The van der Waals surface area contributed by atoms with E-state index in [0.29, 0.717) is 6.04 Å². The van der Waals surface area contributed by atoms with Gasteiger partial charge in [0, 0.05) is 45.2 Å². The molecule has 1 aromatic heterocycles. The van der Waals surface area contributed by atoms with E-state index in [9.17, 15) is 0 Å². The van der Waals surface area contributed by atoms with Crippen molar-refractivity contribution in [2.75, 3.05) is 26.8 Å². The second kappa shape index (κ2) is 6.69. The van der Waals surface area contributed by atoms with Gasteiger partial charge in [-0.05, 0) is 39.5 Å². The molecule has 1 spiro atoms. The maximum Gasteiger partial charge on any atom is 0.123 e. The monoisotopic (exact) mass is 307 g/mol. The van der Waals surface area contributed by atoms with Gasteiger partial charge in [-0.2, -0.15) is 0 Å². The molecular formula is C17H29N3O2. The summed E-state index contributed by atoms with van der Waals surface area (Å²) in [4.78, 5) is 7.03. The lowest BCUT2D eigenvalue weighted by Gasteiger charge is -2.48. The molecule has 0 saturated carbocycles. The number of ether oxygens (including phenoxy) is 2. The number of likely N-dealkylation sites (tertiary alicyclic amines) is 1. The lowest BCUT2D eigenvalue weighted by molar-refractivity contribution is -0.187. The molecule has 0 amide bonds. The zero-order chi connectivity index (χ0) is 15.6. The topological polar surface area (TPSA) is 39.5 Å². The fourth-order valence-electron chi connectivity index (χ4n) is 3.93. The van der Waals surface area contributed by atoms with Crippen LogP contribution in [0.25, 0.3) is 0 Å². The van der Waals surface area contributed by atoms with Gasteiger partial charge < -0.3 is 14.0 Å². The number of hydrogen-bond donors (Lipinski definition) is 0. The molecule has 2 fully saturated rings. The van der Waals surface area contributed by atoms with Crippen molar-refractivity contribution in [3.63, 3.8) is 0 Å². The zero-order valence-corrected chi connectivity index (χ0v) is 14.1. The lowest BCUT2D eigenvalue weighted by Crippen LogP contribution is -2.55. The molecule has 1 atom stereocenters. The van der Waals surface area contributed by atoms with E-state index in [1.54, 1.807) is 0 Å². The van der Waals surface area contributed by atoms with Crippen LogP contribution in [0.5, 0.6) is 0 Å². The van der Waals surface area contributed by atoms with Crippen molar-refractivity contribution in [1.29, 1.82) is 0 Å². The van der Waals surface area contributed by atoms with Gasteiger partial charge in [-0.1, -0.05) is 0 Å². The largest absolute Gasteiger partial charge is 0.378 e. The fraction of sp³-hybridized carbons (Fsp3) is 0.824. The summed E-state index contributed by atoms with van der Waals surface area (Å²) in [5.41, 5.74) is -0.0447. The molecule has 2 aliphatic heterocycles. The van der Waals surface area contributed by atoms with E-state index >= 15 is 0 Å². The van der Waals surface area contributed by atoms with E-state index in [2.05, 4.69) is 34.5 Å². The summed E-state index contributed by atoms with van der Waals surface area (Å²) in [6.45, 7) is 8.34. The molecule has 1 unspecified atom stereocenters. The van der Waals surface area contributed by atoms with Gasteiger partial charge in [-0.25, -0.2) is 4.98 Å². The molecule has 124 valence electrons. The van der Waals surface area contributed by atoms with Crippen molar-refractivity contribution in [1.82, 2.24) is 14.5 Å². The molecule has 2 saturated heterocycles. The van der Waals surface area contributed by atoms with Crippen LogP contribution >= 0.6 is 0 Å². The summed E-state index contributed by atoms with van der Waals surface area (Å²) in [5.74, 6) is 1.17. The summed E-state index contributed by atoms with van der Waals surface area (Å²) in [6.07, 6.45) is 8.63. The molecule has 0 N–H and O–H groups in total. The van der Waals surface area contributed by atoms with Gasteiger partial charge in [0.05, 0.1) is 18.2 Å². The Labute approximate surface area is 133 Å². The van der Waals surface area contributed by atoms with E-state index < -0.39 is 0 Å². The first-order valence-corrected chi connectivity index (χ1v) is 8.55. The minimum Gasteiger partial charge on any atom is -0.378 e. The Morgan fingerprint density at radius 3 is 2.86 bits per heavy atom. The lowest BCUT2D eigenvalue weighted by atomic mass is 9.82. The average Bonchev–Trinajstić information content (AvgIpc) is 2.99. The maximum absolute atomic E-state index is 6.18. The smallest absolute Gasteiger partial charge is 0.123 e. The van der Waals surface area contributed by atoms with Gasteiger partial charge in [0.15, 0.2) is 0 Å². The predicted molar refractivity (Wildman–Crippen MR) is 85.8 cm³/mol. The van der Waals surface area contributed by atoms with Crippen LogP contribution in [0.4, 0.5) is 0 Å². The first kappa shape index (κ1) is 16.0. The van der Waals surface area contributed by atoms with Gasteiger partial charge in [0.25, 0.3) is 0 Å². The van der Waals surface area contributed by atoms with E-state index in [1.807, 2.05) is 13.3 Å². The number of piperidine rings is 1. The van der Waals surface area contributed by atoms with Crippen molar-refractivity contribution in [2.24, 2.45) is 0 Å². The predicted octanol–water partition coefficient (Wildman–Crippen LogP) is 2.62. The van der Waals surface area contributed by atoms with Crippen LogP contribution < -0.4 is 0 Å². The summed E-state index contributed by atoms with van der Waals surface area (Å²) >= 11 is 0. The van der Waals surface area contributed by atoms with E-state index in [1.165, 1.54) is 5.82 Å². The van der Waals surface area contributed by atoms with Gasteiger partial charge in [-0.15, -0.1) is 0 Å².